The smallest absolute Gasteiger partial charge is 0.433 e. The van der Waals surface area contributed by atoms with Crippen molar-refractivity contribution in [2.45, 2.75) is 13.1 Å². The fraction of sp³-hybridized carbons (Fsp3) is 0.111. The number of carboxylic acids is 1. The first-order valence-corrected chi connectivity index (χ1v) is 7.83. The Morgan fingerprint density at radius 1 is 1.11 bits per heavy atom. The molecule has 1 N–H and O–H groups in total. The maximum atomic E-state index is 13.0. The van der Waals surface area contributed by atoms with Crippen LogP contribution in [-0.2, 0) is 6.18 Å². The van der Waals surface area contributed by atoms with Crippen molar-refractivity contribution in [3.8, 4) is 11.3 Å². The normalized spacial score (nSPS) is 12.0. The third-order valence-electron chi connectivity index (χ3n) is 4.12. The summed E-state index contributed by atoms with van der Waals surface area (Å²) in [6.07, 6.45) is -4.63. The molecule has 6 nitrogen and oxygen atoms in total. The summed E-state index contributed by atoms with van der Waals surface area (Å²) in [6.45, 7) is 1.48. The van der Waals surface area contributed by atoms with Crippen molar-refractivity contribution in [3.05, 3.63) is 59.4 Å². The molecule has 9 heteroatoms. The Morgan fingerprint density at radius 3 is 2.44 bits per heavy atom. The largest absolute Gasteiger partial charge is 0.477 e. The summed E-state index contributed by atoms with van der Waals surface area (Å²) in [7, 11) is 0. The highest BCUT2D eigenvalue weighted by atomic mass is 19.4. The zero-order valence-corrected chi connectivity index (χ0v) is 13.8. The van der Waals surface area contributed by atoms with E-state index in [-0.39, 0.29) is 27.9 Å². The van der Waals surface area contributed by atoms with Crippen LogP contribution in [0.2, 0.25) is 0 Å². The standard InChI is InChI=1S/C18H11F3N4O2/c1-9-7-13(18(19,20)21)23-15-14(9)16-22-11(10-5-3-2-4-6-10)8-12(17(26)27)25(16)24-15/h2-8H,1H3,(H,26,27). The lowest BCUT2D eigenvalue weighted by atomic mass is 10.1. The summed E-state index contributed by atoms with van der Waals surface area (Å²) in [5.74, 6) is -1.28. The molecular weight excluding hydrogens is 361 g/mol. The molecule has 0 aliphatic heterocycles. The molecule has 3 aromatic heterocycles. The number of hydrogen-bond acceptors (Lipinski definition) is 4. The molecule has 0 aliphatic carbocycles. The first-order chi connectivity index (χ1) is 12.8. The second-order valence-electron chi connectivity index (χ2n) is 5.95. The van der Waals surface area contributed by atoms with Crippen molar-refractivity contribution in [3.63, 3.8) is 0 Å². The molecule has 3 heterocycles. The highest BCUT2D eigenvalue weighted by Crippen LogP contribution is 2.32. The maximum absolute atomic E-state index is 13.0. The van der Waals surface area contributed by atoms with Crippen LogP contribution < -0.4 is 0 Å². The number of halogens is 3. The third kappa shape index (κ3) is 2.77. The van der Waals surface area contributed by atoms with Crippen LogP contribution in [0.1, 0.15) is 21.7 Å². The maximum Gasteiger partial charge on any atom is 0.433 e. The van der Waals surface area contributed by atoms with E-state index >= 15 is 0 Å². The van der Waals surface area contributed by atoms with Gasteiger partial charge in [0, 0.05) is 5.56 Å². The van der Waals surface area contributed by atoms with Crippen LogP contribution in [-0.4, -0.2) is 30.7 Å². The second kappa shape index (κ2) is 5.76. The van der Waals surface area contributed by atoms with E-state index in [1.54, 1.807) is 30.3 Å². The number of benzene rings is 1. The number of aryl methyl sites for hydroxylation is 1. The molecule has 0 unspecified atom stereocenters. The van der Waals surface area contributed by atoms with Gasteiger partial charge < -0.3 is 5.11 Å². The minimum Gasteiger partial charge on any atom is -0.477 e. The van der Waals surface area contributed by atoms with Gasteiger partial charge in [0.1, 0.15) is 5.69 Å². The van der Waals surface area contributed by atoms with E-state index in [2.05, 4.69) is 15.1 Å². The molecule has 27 heavy (non-hydrogen) atoms. The van der Waals surface area contributed by atoms with Gasteiger partial charge in [-0.1, -0.05) is 30.3 Å². The molecule has 0 saturated heterocycles. The minimum absolute atomic E-state index is 0.141. The number of rotatable bonds is 2. The molecule has 0 fully saturated rings. The summed E-state index contributed by atoms with van der Waals surface area (Å²) in [5, 5.41) is 13.8. The number of fused-ring (bicyclic) bond motifs is 3. The number of pyridine rings is 1. The number of aromatic carboxylic acids is 1. The number of hydrogen-bond donors (Lipinski definition) is 1. The van der Waals surface area contributed by atoms with Crippen molar-refractivity contribution < 1.29 is 23.1 Å². The van der Waals surface area contributed by atoms with Gasteiger partial charge in [-0.2, -0.15) is 13.2 Å². The Bertz CT molecular complexity index is 1200. The molecule has 0 radical (unpaired) electrons. The molecule has 4 aromatic rings. The number of alkyl halides is 3. The van der Waals surface area contributed by atoms with Gasteiger partial charge in [-0.05, 0) is 24.6 Å². The fourth-order valence-corrected chi connectivity index (χ4v) is 2.92. The zero-order chi connectivity index (χ0) is 19.3. The number of carboxylic acid groups (broad SMARTS) is 1. The van der Waals surface area contributed by atoms with Crippen molar-refractivity contribution in [1.82, 2.24) is 19.6 Å². The predicted molar refractivity (Wildman–Crippen MR) is 90.4 cm³/mol. The SMILES string of the molecule is Cc1cc(C(F)(F)F)nc2nn3c(C(=O)O)cc(-c4ccccc4)nc3c12. The van der Waals surface area contributed by atoms with E-state index in [9.17, 15) is 23.1 Å². The van der Waals surface area contributed by atoms with Crippen LogP contribution >= 0.6 is 0 Å². The van der Waals surface area contributed by atoms with Gasteiger partial charge in [-0.25, -0.2) is 19.3 Å². The lowest BCUT2D eigenvalue weighted by molar-refractivity contribution is -0.141. The van der Waals surface area contributed by atoms with Gasteiger partial charge in [-0.15, -0.1) is 5.10 Å². The van der Waals surface area contributed by atoms with E-state index in [1.165, 1.54) is 13.0 Å². The Balaban J connectivity index is 2.10. The van der Waals surface area contributed by atoms with Crippen LogP contribution in [0.15, 0.2) is 42.5 Å². The summed E-state index contributed by atoms with van der Waals surface area (Å²) in [4.78, 5) is 19.7. The summed E-state index contributed by atoms with van der Waals surface area (Å²) < 4.78 is 40.1. The van der Waals surface area contributed by atoms with Crippen molar-refractivity contribution in [2.75, 3.05) is 0 Å². The molecule has 0 saturated carbocycles. The van der Waals surface area contributed by atoms with Crippen LogP contribution in [0.4, 0.5) is 13.2 Å². The first-order valence-electron chi connectivity index (χ1n) is 7.83. The lowest BCUT2D eigenvalue weighted by Crippen LogP contribution is -2.08. The van der Waals surface area contributed by atoms with Crippen molar-refractivity contribution in [1.29, 1.82) is 0 Å². The van der Waals surface area contributed by atoms with Crippen molar-refractivity contribution >= 4 is 22.6 Å². The van der Waals surface area contributed by atoms with Crippen LogP contribution in [0.3, 0.4) is 0 Å². The highest BCUT2D eigenvalue weighted by molar-refractivity contribution is 5.96. The first kappa shape index (κ1) is 17.0. The van der Waals surface area contributed by atoms with Gasteiger partial charge >= 0.3 is 12.1 Å². The average Bonchev–Trinajstić information content (AvgIpc) is 2.99. The van der Waals surface area contributed by atoms with Crippen molar-refractivity contribution in [2.24, 2.45) is 0 Å². The molecule has 0 atom stereocenters. The number of carbonyl (C=O) groups is 1. The topological polar surface area (TPSA) is 80.4 Å². The molecule has 0 bridgehead atoms. The van der Waals surface area contributed by atoms with Crippen LogP contribution in [0, 0.1) is 6.92 Å². The van der Waals surface area contributed by atoms with Gasteiger partial charge in [0.15, 0.2) is 17.0 Å². The molecule has 0 aliphatic rings. The van der Waals surface area contributed by atoms with Gasteiger partial charge in [0.05, 0.1) is 11.1 Å². The lowest BCUT2D eigenvalue weighted by Gasteiger charge is -2.07. The summed E-state index contributed by atoms with van der Waals surface area (Å²) in [6, 6.07) is 11.1. The Kier molecular flexibility index (Phi) is 3.62. The molecule has 4 rings (SSSR count). The molecule has 1 aromatic carbocycles. The number of nitrogens with zero attached hydrogens (tertiary/aromatic N) is 4. The third-order valence-corrected chi connectivity index (χ3v) is 4.12. The van der Waals surface area contributed by atoms with Gasteiger partial charge in [-0.3, -0.25) is 0 Å². The Hall–Kier alpha value is -3.49. The van der Waals surface area contributed by atoms with E-state index in [4.69, 9.17) is 0 Å². The molecule has 0 spiro atoms. The predicted octanol–water partition coefficient (Wildman–Crippen LogP) is 3.97. The minimum atomic E-state index is -4.63. The van der Waals surface area contributed by atoms with Gasteiger partial charge in [0.25, 0.3) is 0 Å². The van der Waals surface area contributed by atoms with E-state index < -0.39 is 17.8 Å². The monoisotopic (exact) mass is 372 g/mol. The number of aromatic nitrogens is 4. The van der Waals surface area contributed by atoms with Gasteiger partial charge in [0.2, 0.25) is 0 Å². The molecule has 136 valence electrons. The Labute approximate surface area is 149 Å². The average molecular weight is 372 g/mol. The van der Waals surface area contributed by atoms with E-state index in [0.717, 1.165) is 10.6 Å². The zero-order valence-electron chi connectivity index (χ0n) is 13.8. The van der Waals surface area contributed by atoms with Crippen LogP contribution in [0.25, 0.3) is 27.9 Å². The summed E-state index contributed by atoms with van der Waals surface area (Å²) >= 11 is 0. The second-order valence-corrected chi connectivity index (χ2v) is 5.95. The quantitative estimate of drug-likeness (QED) is 0.576. The van der Waals surface area contributed by atoms with E-state index in [1.807, 2.05) is 0 Å². The molecule has 0 amide bonds. The highest BCUT2D eigenvalue weighted by Gasteiger charge is 2.34. The summed E-state index contributed by atoms with van der Waals surface area (Å²) in [5.41, 5.74) is -0.0572. The molecular formula is C18H11F3N4O2. The van der Waals surface area contributed by atoms with E-state index in [0.29, 0.717) is 11.3 Å². The fourth-order valence-electron chi connectivity index (χ4n) is 2.92. The Morgan fingerprint density at radius 2 is 1.81 bits per heavy atom. The van der Waals surface area contributed by atoms with Crippen LogP contribution in [0.5, 0.6) is 0 Å².